The molecule has 4 unspecified atom stereocenters. The van der Waals surface area contributed by atoms with Crippen LogP contribution in [0.3, 0.4) is 0 Å². The molecule has 0 bridgehead atoms. The number of rotatable bonds is 35. The summed E-state index contributed by atoms with van der Waals surface area (Å²) in [6, 6.07) is 22.4. The Hall–Kier alpha value is -14.6. The minimum Gasteiger partial charge on any atom is -0.497 e. The second kappa shape index (κ2) is 45.4. The molecule has 0 aromatic heterocycles. The van der Waals surface area contributed by atoms with Crippen LogP contribution < -0.4 is 56.8 Å². The maximum absolute atomic E-state index is 13.9. The molecule has 0 saturated carbocycles. The first kappa shape index (κ1) is 88.3. The van der Waals surface area contributed by atoms with Crippen molar-refractivity contribution >= 4 is 72.7 Å². The molecular formula is C72H74O42. The Morgan fingerprint density at radius 2 is 0.351 bits per heavy atom. The zero-order chi connectivity index (χ0) is 83.2. The highest BCUT2D eigenvalue weighted by atomic mass is 17.3. The van der Waals surface area contributed by atoms with Gasteiger partial charge in [-0.1, -0.05) is 0 Å². The summed E-state index contributed by atoms with van der Waals surface area (Å²) in [5, 5.41) is 0. The summed E-state index contributed by atoms with van der Waals surface area (Å²) in [5.74, 6) is -14.1. The van der Waals surface area contributed by atoms with Crippen LogP contribution in [0.15, 0.2) is 109 Å². The maximum Gasteiger partial charge on any atom is 0.549 e. The molecule has 42 nitrogen and oxygen atoms in total. The Bertz CT molecular complexity index is 3920. The van der Waals surface area contributed by atoms with Crippen molar-refractivity contribution in [2.24, 2.45) is 23.7 Å². The molecule has 0 N–H and O–H groups in total. The van der Waals surface area contributed by atoms with E-state index in [1.807, 2.05) is 0 Å². The van der Waals surface area contributed by atoms with Crippen LogP contribution in [0, 0.1) is 23.7 Å². The van der Waals surface area contributed by atoms with E-state index >= 15 is 0 Å². The first-order valence-corrected chi connectivity index (χ1v) is 32.5. The fourth-order valence-electron chi connectivity index (χ4n) is 9.74. The van der Waals surface area contributed by atoms with E-state index in [-0.39, 0.29) is 102 Å². The van der Waals surface area contributed by atoms with Gasteiger partial charge in [-0.05, 0) is 85.6 Å². The van der Waals surface area contributed by atoms with E-state index in [2.05, 4.69) is 9.78 Å². The lowest BCUT2D eigenvalue weighted by atomic mass is 9.74. The van der Waals surface area contributed by atoms with Gasteiger partial charge in [0.25, 0.3) is 0 Å². The van der Waals surface area contributed by atoms with E-state index in [0.29, 0.717) is 0 Å². The highest BCUT2D eigenvalue weighted by molar-refractivity contribution is 5.93. The van der Waals surface area contributed by atoms with Gasteiger partial charge in [0.15, 0.2) is 0 Å². The number of carbonyl (C=O) groups is 12. The van der Waals surface area contributed by atoms with Crippen molar-refractivity contribution in [1.82, 2.24) is 0 Å². The standard InChI is InChI=1S/C72H74O42/c1-85-47-17-41(18-48(29-47)86-2)61(73)103-109-67(79)97-15-13-39(35-99-69(81)111-105-63(75)43-21-51(89-5)31-52(22-43)90-6)59(37-101-71(83)113-107-65(77)45-25-55(93-9)33-56(26-45)94-10)60(38-102-72(84)114-108-66(78)46-27-57(95-11)34-58(28-46)96-12)40(36-100-70(82)112-106-64(76)44-23-53(91-7)32-54(24-44)92-8)14-16-98-68(80)110-104-62(74)42-19-49(87-3)30-50(20-42)88-4/h17-34,39-40,59-60H,13-16,35-38H2,1-12H3. The van der Waals surface area contributed by atoms with Crippen molar-refractivity contribution in [3.63, 3.8) is 0 Å². The number of hydrogen-bond donors (Lipinski definition) is 0. The first-order chi connectivity index (χ1) is 54.8. The van der Waals surface area contributed by atoms with Gasteiger partial charge in [-0.3, -0.25) is 0 Å². The molecule has 614 valence electrons. The third-order valence-electron chi connectivity index (χ3n) is 15.4. The molecular weight excluding hydrogens is 1540 g/mol. The lowest BCUT2D eigenvalue weighted by Gasteiger charge is -2.36. The average molecular weight is 1610 g/mol. The van der Waals surface area contributed by atoms with Crippen molar-refractivity contribution in [1.29, 1.82) is 0 Å². The van der Waals surface area contributed by atoms with Gasteiger partial charge in [-0.2, -0.15) is 28.8 Å². The molecule has 6 aromatic rings. The molecule has 0 heterocycles. The second-order valence-corrected chi connectivity index (χ2v) is 22.2. The Morgan fingerprint density at radius 3 is 0.509 bits per heavy atom. The topological polar surface area (TPSA) is 482 Å². The predicted octanol–water partition coefficient (Wildman–Crippen LogP) is 9.89. The van der Waals surface area contributed by atoms with Gasteiger partial charge in [0.05, 0.1) is 158 Å². The van der Waals surface area contributed by atoms with Crippen molar-refractivity contribution in [3.8, 4) is 69.0 Å². The SMILES string of the molecule is COc1cc(OC)cc(C(=O)OOC(=O)OCCC(COC(=O)OOC(=O)c2cc(OC)cc(OC)c2)C(COC(=O)OOC(=O)c2cc(OC)cc(OC)c2)C(COC(=O)OOC(=O)c2cc(OC)cc(OC)c2)C(CCOC(=O)OOC(=O)c2cc(OC)cc(OC)c2)COC(=O)OOC(=O)c2cc(OC)cc(OC)c2)c1. The van der Waals surface area contributed by atoms with Gasteiger partial charge in [-0.15, -0.1) is 0 Å². The smallest absolute Gasteiger partial charge is 0.497 e. The zero-order valence-electron chi connectivity index (χ0n) is 62.5. The Labute approximate surface area is 645 Å². The van der Waals surface area contributed by atoms with E-state index in [1.54, 1.807) is 0 Å². The van der Waals surface area contributed by atoms with Crippen molar-refractivity contribution in [2.45, 2.75) is 12.8 Å². The molecule has 0 amide bonds. The van der Waals surface area contributed by atoms with E-state index in [9.17, 15) is 57.5 Å². The zero-order valence-corrected chi connectivity index (χ0v) is 62.5. The number of methoxy groups -OCH3 is 12. The quantitative estimate of drug-likeness (QED) is 0.0154. The van der Waals surface area contributed by atoms with E-state index in [4.69, 9.17) is 134 Å². The Morgan fingerprint density at radius 1 is 0.202 bits per heavy atom. The van der Waals surface area contributed by atoms with Crippen molar-refractivity contribution < 1.29 is 201 Å². The summed E-state index contributed by atoms with van der Waals surface area (Å²) in [6.07, 6.45) is -12.4. The third-order valence-corrected chi connectivity index (χ3v) is 15.4. The summed E-state index contributed by atoms with van der Waals surface area (Å²) >= 11 is 0. The van der Waals surface area contributed by atoms with Crippen LogP contribution in [0.1, 0.15) is 75.0 Å². The summed E-state index contributed by atoms with van der Waals surface area (Å²) in [7, 11) is 15.2. The first-order valence-electron chi connectivity index (χ1n) is 32.5. The summed E-state index contributed by atoms with van der Waals surface area (Å²) < 4.78 is 94.9. The molecule has 0 saturated heterocycles. The normalized spacial score (nSPS) is 11.4. The molecule has 114 heavy (non-hydrogen) atoms. The molecule has 0 aliphatic rings. The lowest BCUT2D eigenvalue weighted by Crippen LogP contribution is -2.41. The number of hydrogen-bond acceptors (Lipinski definition) is 42. The molecule has 0 spiro atoms. The van der Waals surface area contributed by atoms with E-state index < -0.39 is 149 Å². The fraction of sp³-hybridized carbons (Fsp3) is 0.333. The van der Waals surface area contributed by atoms with E-state index in [0.717, 1.165) is 24.3 Å². The Balaban J connectivity index is 1.45. The third kappa shape index (κ3) is 28.1. The van der Waals surface area contributed by atoms with Crippen LogP contribution in [0.2, 0.25) is 0 Å². The summed E-state index contributed by atoms with van der Waals surface area (Å²) in [6.45, 7) is -6.57. The van der Waals surface area contributed by atoms with Crippen LogP contribution >= 0.6 is 0 Å². The molecule has 4 atom stereocenters. The highest BCUT2D eigenvalue weighted by Gasteiger charge is 2.40. The molecule has 6 rings (SSSR count). The molecule has 0 fully saturated rings. The Kier molecular flexibility index (Phi) is 35.1. The number of ether oxygens (including phenoxy) is 18. The second-order valence-electron chi connectivity index (χ2n) is 22.2. The lowest BCUT2D eigenvalue weighted by molar-refractivity contribution is -0.212. The molecule has 42 heteroatoms. The minimum atomic E-state index is -1.88. The van der Waals surface area contributed by atoms with Gasteiger partial charge < -0.3 is 85.3 Å². The van der Waals surface area contributed by atoms with Gasteiger partial charge in [0.1, 0.15) is 69.0 Å². The summed E-state index contributed by atoms with van der Waals surface area (Å²) in [4.78, 5) is 219. The molecule has 0 radical (unpaired) electrons. The van der Waals surface area contributed by atoms with Crippen LogP contribution in [0.4, 0.5) is 28.8 Å². The van der Waals surface area contributed by atoms with Crippen LogP contribution in [0.5, 0.6) is 69.0 Å². The summed E-state index contributed by atoms with van der Waals surface area (Å²) in [5.41, 5.74) is -1.77. The number of carbonyl (C=O) groups excluding carboxylic acids is 12. The van der Waals surface area contributed by atoms with Crippen molar-refractivity contribution in [2.75, 3.05) is 125 Å². The fourth-order valence-corrected chi connectivity index (χ4v) is 9.74. The molecule has 0 aliphatic heterocycles. The van der Waals surface area contributed by atoms with Gasteiger partial charge in [0.2, 0.25) is 0 Å². The minimum absolute atomic E-state index is 0.0681. The van der Waals surface area contributed by atoms with Gasteiger partial charge in [-0.25, -0.2) is 87.4 Å². The van der Waals surface area contributed by atoms with Crippen LogP contribution in [-0.2, 0) is 87.1 Å². The predicted molar refractivity (Wildman–Crippen MR) is 368 cm³/mol. The van der Waals surface area contributed by atoms with Crippen molar-refractivity contribution in [3.05, 3.63) is 143 Å². The van der Waals surface area contributed by atoms with E-state index in [1.165, 1.54) is 170 Å². The maximum atomic E-state index is 13.9. The molecule has 0 aliphatic carbocycles. The monoisotopic (exact) mass is 1610 g/mol. The number of benzene rings is 6. The van der Waals surface area contributed by atoms with Gasteiger partial charge in [0, 0.05) is 60.1 Å². The molecule has 6 aromatic carbocycles. The van der Waals surface area contributed by atoms with Gasteiger partial charge >= 0.3 is 72.7 Å². The van der Waals surface area contributed by atoms with Crippen LogP contribution in [-0.4, -0.2) is 198 Å². The van der Waals surface area contributed by atoms with Crippen LogP contribution in [0.25, 0.3) is 0 Å². The average Bonchev–Trinajstić information content (AvgIpc) is 0.842. The largest absolute Gasteiger partial charge is 0.549 e. The highest BCUT2D eigenvalue weighted by Crippen LogP contribution is 2.36.